The Bertz CT molecular complexity index is 1410. The van der Waals surface area contributed by atoms with Gasteiger partial charge < -0.3 is 5.73 Å². The van der Waals surface area contributed by atoms with Crippen molar-refractivity contribution in [2.45, 2.75) is 6.92 Å². The van der Waals surface area contributed by atoms with Crippen molar-refractivity contribution in [1.29, 1.82) is 0 Å². The molecule has 0 radical (unpaired) electrons. The highest BCUT2D eigenvalue weighted by atomic mass is 32.1. The van der Waals surface area contributed by atoms with Crippen molar-refractivity contribution < 1.29 is 0 Å². The number of hydrogen-bond acceptors (Lipinski definition) is 6. The fourth-order valence-electron chi connectivity index (χ4n) is 3.42. The SMILES string of the molecule is Cc1nc(-c2ccc(-c3ccccc3)cc2)sc1-c1ccnc(N=C(N)c2ccncc2)n1. The number of rotatable bonds is 5. The molecule has 0 fully saturated rings. The molecule has 160 valence electrons. The molecular formula is C26H20N6S. The Morgan fingerprint density at radius 2 is 1.48 bits per heavy atom. The minimum absolute atomic E-state index is 0.309. The van der Waals surface area contributed by atoms with Gasteiger partial charge in [0.2, 0.25) is 0 Å². The van der Waals surface area contributed by atoms with Crippen LogP contribution < -0.4 is 5.73 Å². The van der Waals surface area contributed by atoms with Crippen LogP contribution in [0, 0.1) is 6.92 Å². The number of hydrogen-bond donors (Lipinski definition) is 1. The van der Waals surface area contributed by atoms with E-state index in [4.69, 9.17) is 10.7 Å². The van der Waals surface area contributed by atoms with Crippen LogP contribution in [-0.2, 0) is 0 Å². The maximum atomic E-state index is 6.11. The average molecular weight is 449 g/mol. The molecule has 5 rings (SSSR count). The van der Waals surface area contributed by atoms with Gasteiger partial charge in [0.1, 0.15) is 10.8 Å². The van der Waals surface area contributed by atoms with E-state index in [0.717, 1.165) is 32.4 Å². The summed E-state index contributed by atoms with van der Waals surface area (Å²) < 4.78 is 0. The third-order valence-corrected chi connectivity index (χ3v) is 6.34. The Morgan fingerprint density at radius 3 is 2.24 bits per heavy atom. The standard InChI is InChI=1S/C26H20N6S/c1-17-23(22-13-16-29-26(31-22)32-24(27)20-11-14-28-15-12-20)33-25(30-17)21-9-7-19(8-10-21)18-5-3-2-4-6-18/h2-16H,1H3,(H2,27,29,31,32). The molecule has 2 N–H and O–H groups in total. The lowest BCUT2D eigenvalue weighted by atomic mass is 10.0. The second kappa shape index (κ2) is 9.10. The molecule has 0 bridgehead atoms. The fourth-order valence-corrected chi connectivity index (χ4v) is 4.46. The Balaban J connectivity index is 1.43. The number of aromatic nitrogens is 4. The van der Waals surface area contributed by atoms with E-state index in [1.807, 2.05) is 31.2 Å². The number of amidine groups is 1. The molecule has 0 saturated heterocycles. The van der Waals surface area contributed by atoms with Gasteiger partial charge in [0, 0.05) is 29.7 Å². The van der Waals surface area contributed by atoms with Gasteiger partial charge in [0.25, 0.3) is 5.95 Å². The van der Waals surface area contributed by atoms with Gasteiger partial charge in [-0.25, -0.2) is 15.0 Å². The molecular weight excluding hydrogens is 428 g/mol. The summed E-state index contributed by atoms with van der Waals surface area (Å²) in [5.41, 5.74) is 12.0. The topological polar surface area (TPSA) is 89.9 Å². The Labute approximate surface area is 195 Å². The maximum absolute atomic E-state index is 6.11. The molecule has 0 aliphatic carbocycles. The number of nitrogens with two attached hydrogens (primary N) is 1. The lowest BCUT2D eigenvalue weighted by Crippen LogP contribution is -2.13. The van der Waals surface area contributed by atoms with Crippen LogP contribution >= 0.6 is 11.3 Å². The second-order valence-corrected chi connectivity index (χ2v) is 8.35. The predicted molar refractivity (Wildman–Crippen MR) is 133 cm³/mol. The zero-order valence-corrected chi connectivity index (χ0v) is 18.7. The molecule has 0 saturated carbocycles. The molecule has 6 nitrogen and oxygen atoms in total. The van der Waals surface area contributed by atoms with E-state index in [9.17, 15) is 0 Å². The van der Waals surface area contributed by atoms with E-state index in [-0.39, 0.29) is 0 Å². The first-order valence-corrected chi connectivity index (χ1v) is 11.2. The second-order valence-electron chi connectivity index (χ2n) is 7.35. The first-order valence-electron chi connectivity index (χ1n) is 10.4. The zero-order chi connectivity index (χ0) is 22.6. The Hall–Kier alpha value is -4.23. The summed E-state index contributed by atoms with van der Waals surface area (Å²) in [5, 5.41) is 0.946. The van der Waals surface area contributed by atoms with Crippen LogP contribution in [0.15, 0.2) is 96.4 Å². The van der Waals surface area contributed by atoms with Gasteiger partial charge in [0.05, 0.1) is 16.3 Å². The van der Waals surface area contributed by atoms with Crippen molar-refractivity contribution in [1.82, 2.24) is 19.9 Å². The third-order valence-electron chi connectivity index (χ3n) is 5.11. The molecule has 3 heterocycles. The van der Waals surface area contributed by atoms with Crippen LogP contribution in [0.3, 0.4) is 0 Å². The molecule has 33 heavy (non-hydrogen) atoms. The summed E-state index contributed by atoms with van der Waals surface area (Å²) in [6, 6.07) is 24.3. The van der Waals surface area contributed by atoms with Gasteiger partial charge in [-0.2, -0.15) is 4.99 Å². The predicted octanol–water partition coefficient (Wildman–Crippen LogP) is 5.67. The van der Waals surface area contributed by atoms with E-state index < -0.39 is 0 Å². The largest absolute Gasteiger partial charge is 0.383 e. The van der Waals surface area contributed by atoms with Crippen molar-refractivity contribution in [3.05, 3.63) is 103 Å². The van der Waals surface area contributed by atoms with Crippen LogP contribution in [0.1, 0.15) is 11.3 Å². The molecule has 0 unspecified atom stereocenters. The zero-order valence-electron chi connectivity index (χ0n) is 17.9. The first-order chi connectivity index (χ1) is 16.2. The monoisotopic (exact) mass is 448 g/mol. The van der Waals surface area contributed by atoms with Crippen LogP contribution in [0.5, 0.6) is 0 Å². The molecule has 0 amide bonds. The van der Waals surface area contributed by atoms with Gasteiger partial charge in [-0.05, 0) is 36.2 Å². The smallest absolute Gasteiger partial charge is 0.251 e. The molecule has 7 heteroatoms. The van der Waals surface area contributed by atoms with Gasteiger partial charge in [-0.3, -0.25) is 4.98 Å². The van der Waals surface area contributed by atoms with Gasteiger partial charge in [-0.15, -0.1) is 11.3 Å². The summed E-state index contributed by atoms with van der Waals surface area (Å²) in [6.07, 6.45) is 5.03. The number of benzene rings is 2. The molecule has 2 aromatic carbocycles. The molecule has 3 aromatic heterocycles. The number of pyridine rings is 1. The lowest BCUT2D eigenvalue weighted by molar-refractivity contribution is 1.13. The van der Waals surface area contributed by atoms with Crippen LogP contribution in [0.4, 0.5) is 5.95 Å². The third kappa shape index (κ3) is 4.53. The van der Waals surface area contributed by atoms with Crippen molar-refractivity contribution in [2.75, 3.05) is 0 Å². The van der Waals surface area contributed by atoms with E-state index in [2.05, 4.69) is 56.3 Å². The lowest BCUT2D eigenvalue weighted by Gasteiger charge is -2.02. The molecule has 0 spiro atoms. The van der Waals surface area contributed by atoms with Crippen LogP contribution in [-0.4, -0.2) is 25.8 Å². The highest BCUT2D eigenvalue weighted by Crippen LogP contribution is 2.35. The summed E-state index contributed by atoms with van der Waals surface area (Å²) in [5.74, 6) is 0.651. The molecule has 0 aliphatic heterocycles. The minimum Gasteiger partial charge on any atom is -0.383 e. The van der Waals surface area contributed by atoms with Crippen molar-refractivity contribution in [2.24, 2.45) is 10.7 Å². The van der Waals surface area contributed by atoms with Crippen molar-refractivity contribution in [3.63, 3.8) is 0 Å². The molecule has 0 aliphatic rings. The molecule has 5 aromatic rings. The van der Waals surface area contributed by atoms with E-state index in [1.165, 1.54) is 11.1 Å². The fraction of sp³-hybridized carbons (Fsp3) is 0.0385. The number of thiazole rings is 1. The van der Waals surface area contributed by atoms with Gasteiger partial charge in [-0.1, -0.05) is 54.6 Å². The minimum atomic E-state index is 0.309. The summed E-state index contributed by atoms with van der Waals surface area (Å²) in [4.78, 5) is 23.0. The quantitative estimate of drug-likeness (QED) is 0.276. The highest BCUT2D eigenvalue weighted by Gasteiger charge is 2.14. The summed E-state index contributed by atoms with van der Waals surface area (Å²) in [6.45, 7) is 1.99. The maximum Gasteiger partial charge on any atom is 0.251 e. The summed E-state index contributed by atoms with van der Waals surface area (Å²) >= 11 is 1.60. The van der Waals surface area contributed by atoms with E-state index in [0.29, 0.717) is 11.8 Å². The van der Waals surface area contributed by atoms with E-state index >= 15 is 0 Å². The van der Waals surface area contributed by atoms with E-state index in [1.54, 1.807) is 42.1 Å². The number of aryl methyl sites for hydroxylation is 1. The average Bonchev–Trinajstić information content (AvgIpc) is 3.27. The van der Waals surface area contributed by atoms with Crippen LogP contribution in [0.2, 0.25) is 0 Å². The Morgan fingerprint density at radius 1 is 0.788 bits per heavy atom. The van der Waals surface area contributed by atoms with Gasteiger partial charge >= 0.3 is 0 Å². The van der Waals surface area contributed by atoms with Gasteiger partial charge in [0.15, 0.2) is 0 Å². The Kier molecular flexibility index (Phi) is 5.70. The number of aliphatic imine (C=N–C) groups is 1. The van der Waals surface area contributed by atoms with Crippen molar-refractivity contribution >= 4 is 23.1 Å². The number of nitrogens with zero attached hydrogens (tertiary/aromatic N) is 5. The highest BCUT2D eigenvalue weighted by molar-refractivity contribution is 7.18. The first kappa shape index (κ1) is 20.7. The van der Waals surface area contributed by atoms with Crippen LogP contribution in [0.25, 0.3) is 32.3 Å². The normalized spacial score (nSPS) is 11.5. The molecule has 0 atom stereocenters. The summed E-state index contributed by atoms with van der Waals surface area (Å²) in [7, 11) is 0. The van der Waals surface area contributed by atoms with Crippen molar-refractivity contribution in [3.8, 4) is 32.3 Å².